The van der Waals surface area contributed by atoms with E-state index >= 15 is 0 Å². The van der Waals surface area contributed by atoms with Crippen molar-refractivity contribution in [2.24, 2.45) is 0 Å². The van der Waals surface area contributed by atoms with Gasteiger partial charge in [-0.3, -0.25) is 0 Å². The van der Waals surface area contributed by atoms with Crippen LogP contribution in [0.3, 0.4) is 0 Å². The fourth-order valence-corrected chi connectivity index (χ4v) is 1.08. The number of carbonyl (C=O) groups is 1. The van der Waals surface area contributed by atoms with Crippen molar-refractivity contribution in [1.82, 2.24) is 0 Å². The number of hydrogen-bond donors (Lipinski definition) is 2. The van der Waals surface area contributed by atoms with Crippen LogP contribution in [0.1, 0.15) is 5.56 Å². The van der Waals surface area contributed by atoms with Crippen molar-refractivity contribution >= 4 is 17.7 Å². The molecule has 0 aliphatic rings. The Hall–Kier alpha value is -2.23. The molecule has 4 heteroatoms. The summed E-state index contributed by atoms with van der Waals surface area (Å²) in [6.45, 7) is 0. The Morgan fingerprint density at radius 1 is 1.44 bits per heavy atom. The van der Waals surface area contributed by atoms with Crippen molar-refractivity contribution in [3.8, 4) is 5.75 Å². The standard InChI is InChI=1S/C12H13NO3/c1-16-11(14)8-3-2-5-9-6-4-7-10(13)12(9)15/h2-8,15H,13H2,1H3/b5-2+,8-3+. The number of allylic oxidation sites excluding steroid dienone is 2. The number of methoxy groups -OCH3 is 1. The molecule has 0 fully saturated rings. The Kier molecular flexibility index (Phi) is 4.15. The summed E-state index contributed by atoms with van der Waals surface area (Å²) in [6.07, 6.45) is 6.06. The number of nitrogens with two attached hydrogens (primary N) is 1. The molecule has 0 bridgehead atoms. The Balaban J connectivity index is 2.74. The minimum atomic E-state index is -0.429. The van der Waals surface area contributed by atoms with Gasteiger partial charge in [0.05, 0.1) is 12.8 Å². The van der Waals surface area contributed by atoms with Gasteiger partial charge in [0.1, 0.15) is 5.75 Å². The minimum absolute atomic E-state index is 0.0326. The van der Waals surface area contributed by atoms with Crippen molar-refractivity contribution in [3.05, 3.63) is 42.0 Å². The van der Waals surface area contributed by atoms with Gasteiger partial charge in [-0.2, -0.15) is 0 Å². The highest BCUT2D eigenvalue weighted by Gasteiger charge is 1.99. The summed E-state index contributed by atoms with van der Waals surface area (Å²) >= 11 is 0. The van der Waals surface area contributed by atoms with Crippen molar-refractivity contribution in [2.45, 2.75) is 0 Å². The van der Waals surface area contributed by atoms with Crippen molar-refractivity contribution in [1.29, 1.82) is 0 Å². The molecule has 0 unspecified atom stereocenters. The van der Waals surface area contributed by atoms with Gasteiger partial charge in [0.25, 0.3) is 0 Å². The summed E-state index contributed by atoms with van der Waals surface area (Å²) < 4.78 is 4.42. The van der Waals surface area contributed by atoms with E-state index in [1.165, 1.54) is 19.3 Å². The van der Waals surface area contributed by atoms with Crippen molar-refractivity contribution < 1.29 is 14.6 Å². The van der Waals surface area contributed by atoms with Crippen LogP contribution < -0.4 is 5.73 Å². The zero-order valence-corrected chi connectivity index (χ0v) is 8.88. The van der Waals surface area contributed by atoms with Crippen LogP contribution in [0, 0.1) is 0 Å². The first-order valence-corrected chi connectivity index (χ1v) is 4.65. The molecular weight excluding hydrogens is 206 g/mol. The topological polar surface area (TPSA) is 72.5 Å². The molecule has 1 aromatic carbocycles. The maximum absolute atomic E-state index is 10.7. The largest absolute Gasteiger partial charge is 0.505 e. The van der Waals surface area contributed by atoms with Crippen LogP contribution in [0.4, 0.5) is 5.69 Å². The number of hydrogen-bond acceptors (Lipinski definition) is 4. The number of phenolic OH excluding ortho intramolecular Hbond substituents is 1. The summed E-state index contributed by atoms with van der Waals surface area (Å²) in [7, 11) is 1.31. The number of rotatable bonds is 3. The van der Waals surface area contributed by atoms with Crippen LogP contribution in [-0.4, -0.2) is 18.2 Å². The average Bonchev–Trinajstić information content (AvgIpc) is 2.29. The molecule has 0 amide bonds. The average molecular weight is 219 g/mol. The quantitative estimate of drug-likeness (QED) is 0.267. The van der Waals surface area contributed by atoms with Gasteiger partial charge in [-0.25, -0.2) is 4.79 Å². The molecule has 0 aliphatic heterocycles. The maximum atomic E-state index is 10.7. The molecule has 0 aliphatic carbocycles. The first kappa shape index (κ1) is 11.8. The summed E-state index contributed by atoms with van der Waals surface area (Å²) in [5.41, 5.74) is 6.43. The highest BCUT2D eigenvalue weighted by molar-refractivity contribution is 5.82. The molecule has 0 saturated carbocycles. The first-order valence-electron chi connectivity index (χ1n) is 4.65. The van der Waals surface area contributed by atoms with Crippen LogP contribution in [0.2, 0.25) is 0 Å². The molecule has 4 nitrogen and oxygen atoms in total. The van der Waals surface area contributed by atoms with Crippen LogP contribution in [-0.2, 0) is 9.53 Å². The normalized spacial score (nSPS) is 11.1. The molecule has 0 aromatic heterocycles. The number of esters is 1. The number of phenols is 1. The number of para-hydroxylation sites is 1. The molecule has 0 atom stereocenters. The monoisotopic (exact) mass is 219 g/mol. The van der Waals surface area contributed by atoms with Gasteiger partial charge in [0.2, 0.25) is 0 Å². The van der Waals surface area contributed by atoms with Gasteiger partial charge in [0, 0.05) is 11.6 Å². The number of aromatic hydroxyl groups is 1. The van der Waals surface area contributed by atoms with E-state index in [4.69, 9.17) is 5.73 Å². The van der Waals surface area contributed by atoms with E-state index in [2.05, 4.69) is 4.74 Å². The summed E-state index contributed by atoms with van der Waals surface area (Å²) in [4.78, 5) is 10.7. The zero-order chi connectivity index (χ0) is 12.0. The van der Waals surface area contributed by atoms with Gasteiger partial charge in [-0.1, -0.05) is 30.4 Å². The lowest BCUT2D eigenvalue weighted by Crippen LogP contribution is -1.92. The van der Waals surface area contributed by atoms with Crippen LogP contribution in [0.5, 0.6) is 5.75 Å². The molecule has 0 heterocycles. The fraction of sp³-hybridized carbons (Fsp3) is 0.0833. The lowest BCUT2D eigenvalue weighted by molar-refractivity contribution is -0.134. The summed E-state index contributed by atoms with van der Waals surface area (Å²) in [6, 6.07) is 5.06. The Bertz CT molecular complexity index is 436. The predicted octanol–water partition coefficient (Wildman–Crippen LogP) is 1.72. The Labute approximate surface area is 93.7 Å². The molecule has 0 saturated heterocycles. The number of anilines is 1. The molecule has 84 valence electrons. The molecule has 0 radical (unpaired) electrons. The third kappa shape index (κ3) is 3.16. The highest BCUT2D eigenvalue weighted by Crippen LogP contribution is 2.25. The smallest absolute Gasteiger partial charge is 0.330 e. The van der Waals surface area contributed by atoms with Crippen LogP contribution >= 0.6 is 0 Å². The molecule has 16 heavy (non-hydrogen) atoms. The molecule has 3 N–H and O–H groups in total. The first-order chi connectivity index (χ1) is 7.65. The number of ether oxygens (including phenoxy) is 1. The van der Waals surface area contributed by atoms with Crippen molar-refractivity contribution in [3.63, 3.8) is 0 Å². The lowest BCUT2D eigenvalue weighted by Gasteiger charge is -2.00. The van der Waals surface area contributed by atoms with Crippen LogP contribution in [0.15, 0.2) is 36.4 Å². The van der Waals surface area contributed by atoms with Gasteiger partial charge >= 0.3 is 5.97 Å². The fourth-order valence-electron chi connectivity index (χ4n) is 1.08. The number of nitrogen functional groups attached to an aromatic ring is 1. The summed E-state index contributed by atoms with van der Waals surface area (Å²) in [5.74, 6) is -0.397. The minimum Gasteiger partial charge on any atom is -0.505 e. The van der Waals surface area contributed by atoms with E-state index < -0.39 is 5.97 Å². The van der Waals surface area contributed by atoms with E-state index in [1.54, 1.807) is 30.4 Å². The number of carbonyl (C=O) groups excluding carboxylic acids is 1. The van der Waals surface area contributed by atoms with Gasteiger partial charge < -0.3 is 15.6 Å². The van der Waals surface area contributed by atoms with Gasteiger partial charge in [-0.05, 0) is 6.07 Å². The van der Waals surface area contributed by atoms with E-state index in [1.807, 2.05) is 0 Å². The lowest BCUT2D eigenvalue weighted by atomic mass is 10.1. The Morgan fingerprint density at radius 3 is 2.88 bits per heavy atom. The molecule has 1 aromatic rings. The predicted molar refractivity (Wildman–Crippen MR) is 62.7 cm³/mol. The van der Waals surface area contributed by atoms with E-state index in [9.17, 15) is 9.90 Å². The van der Waals surface area contributed by atoms with E-state index in [0.717, 1.165) is 0 Å². The van der Waals surface area contributed by atoms with E-state index in [-0.39, 0.29) is 5.75 Å². The second-order valence-electron chi connectivity index (χ2n) is 3.03. The highest BCUT2D eigenvalue weighted by atomic mass is 16.5. The van der Waals surface area contributed by atoms with Crippen molar-refractivity contribution in [2.75, 3.05) is 12.8 Å². The maximum Gasteiger partial charge on any atom is 0.330 e. The Morgan fingerprint density at radius 2 is 2.19 bits per heavy atom. The molecule has 1 rings (SSSR count). The van der Waals surface area contributed by atoms with Gasteiger partial charge in [-0.15, -0.1) is 0 Å². The molecule has 0 spiro atoms. The SMILES string of the molecule is COC(=O)/C=C/C=C/c1cccc(N)c1O. The summed E-state index contributed by atoms with van der Waals surface area (Å²) in [5, 5.41) is 9.56. The zero-order valence-electron chi connectivity index (χ0n) is 8.88. The third-order valence-electron chi connectivity index (χ3n) is 1.92. The van der Waals surface area contributed by atoms with E-state index in [0.29, 0.717) is 11.3 Å². The second-order valence-corrected chi connectivity index (χ2v) is 3.03. The van der Waals surface area contributed by atoms with Gasteiger partial charge in [0.15, 0.2) is 0 Å². The molecular formula is C12H13NO3. The van der Waals surface area contributed by atoms with Crippen LogP contribution in [0.25, 0.3) is 6.08 Å². The third-order valence-corrected chi connectivity index (χ3v) is 1.92. The number of benzene rings is 1. The second kappa shape index (κ2) is 5.60.